The largest absolute Gasteiger partial charge is 0.368 e. The molecule has 0 atom stereocenters. The van der Waals surface area contributed by atoms with Gasteiger partial charge in [-0.1, -0.05) is 22.9 Å². The van der Waals surface area contributed by atoms with Crippen molar-refractivity contribution in [1.29, 1.82) is 0 Å². The highest BCUT2D eigenvalue weighted by atomic mass is 35.5. The maximum atomic E-state index is 5.59. The van der Waals surface area contributed by atoms with Crippen molar-refractivity contribution in [3.05, 3.63) is 10.7 Å². The van der Waals surface area contributed by atoms with Crippen LogP contribution in [0.15, 0.2) is 6.20 Å². The molecule has 0 fully saturated rings. The van der Waals surface area contributed by atoms with Gasteiger partial charge in [0.05, 0.1) is 6.20 Å². The number of anilines is 1. The van der Waals surface area contributed by atoms with Crippen molar-refractivity contribution in [2.75, 3.05) is 19.0 Å². The molecule has 0 bridgehead atoms. The molecular weight excluding hydrogens is 156 g/mol. The van der Waals surface area contributed by atoms with E-state index in [1.807, 2.05) is 19.0 Å². The molecule has 50 valence electrons. The molecule has 1 heterocycles. The van der Waals surface area contributed by atoms with Crippen LogP contribution in [0, 0.1) is 0 Å². The minimum absolute atomic E-state index is 0.596. The zero-order chi connectivity index (χ0) is 6.85. The van der Waals surface area contributed by atoms with E-state index in [2.05, 4.69) is 4.98 Å². The Bertz CT molecular complexity index is 197. The van der Waals surface area contributed by atoms with Gasteiger partial charge in [-0.3, -0.25) is 0 Å². The van der Waals surface area contributed by atoms with Crippen LogP contribution in [0.3, 0.4) is 0 Å². The van der Waals surface area contributed by atoms with Gasteiger partial charge >= 0.3 is 0 Å². The van der Waals surface area contributed by atoms with E-state index in [1.165, 1.54) is 11.3 Å². The molecule has 9 heavy (non-hydrogen) atoms. The van der Waals surface area contributed by atoms with Crippen LogP contribution in [0.5, 0.6) is 0 Å². The summed E-state index contributed by atoms with van der Waals surface area (Å²) in [6, 6.07) is 0. The van der Waals surface area contributed by atoms with E-state index in [9.17, 15) is 0 Å². The Kier molecular flexibility index (Phi) is 1.93. The molecule has 1 aromatic heterocycles. The fourth-order valence-electron chi connectivity index (χ4n) is 0.452. The van der Waals surface area contributed by atoms with Crippen molar-refractivity contribution in [2.45, 2.75) is 0 Å². The zero-order valence-electron chi connectivity index (χ0n) is 5.26. The molecule has 0 saturated carbocycles. The average Bonchev–Trinajstić information content (AvgIpc) is 2.14. The lowest BCUT2D eigenvalue weighted by molar-refractivity contribution is 1.15. The molecule has 0 spiro atoms. The first-order valence-electron chi connectivity index (χ1n) is 2.49. The molecule has 0 amide bonds. The molecule has 0 unspecified atom stereocenters. The first-order valence-corrected chi connectivity index (χ1v) is 3.68. The van der Waals surface area contributed by atoms with Gasteiger partial charge in [-0.15, -0.1) is 0 Å². The molecule has 0 radical (unpaired) electrons. The van der Waals surface area contributed by atoms with E-state index < -0.39 is 0 Å². The first-order chi connectivity index (χ1) is 4.20. The van der Waals surface area contributed by atoms with Crippen LogP contribution in [-0.2, 0) is 0 Å². The SMILES string of the molecule is CN(C)c1cnc(Cl)s1. The highest BCUT2D eigenvalue weighted by molar-refractivity contribution is 7.19. The lowest BCUT2D eigenvalue weighted by Crippen LogP contribution is -2.05. The van der Waals surface area contributed by atoms with Gasteiger partial charge < -0.3 is 4.90 Å². The summed E-state index contributed by atoms with van der Waals surface area (Å²) < 4.78 is 0.596. The second kappa shape index (κ2) is 2.54. The van der Waals surface area contributed by atoms with Gasteiger partial charge in [0, 0.05) is 14.1 Å². The standard InChI is InChI=1S/C5H7ClN2S/c1-8(2)4-3-7-5(6)9-4/h3H,1-2H3. The van der Waals surface area contributed by atoms with Crippen LogP contribution in [-0.4, -0.2) is 19.1 Å². The van der Waals surface area contributed by atoms with Gasteiger partial charge in [0.2, 0.25) is 0 Å². The smallest absolute Gasteiger partial charge is 0.185 e. The molecule has 0 aromatic carbocycles. The van der Waals surface area contributed by atoms with Crippen LogP contribution in [0.4, 0.5) is 5.00 Å². The molecule has 0 N–H and O–H groups in total. The minimum atomic E-state index is 0.596. The molecule has 1 aromatic rings. The number of nitrogens with zero attached hydrogens (tertiary/aromatic N) is 2. The summed E-state index contributed by atoms with van der Waals surface area (Å²) in [6.45, 7) is 0. The van der Waals surface area contributed by atoms with E-state index in [0.717, 1.165) is 5.00 Å². The summed E-state index contributed by atoms with van der Waals surface area (Å²) in [6.07, 6.45) is 1.76. The highest BCUT2D eigenvalue weighted by Gasteiger charge is 1.98. The van der Waals surface area contributed by atoms with Crippen molar-refractivity contribution in [3.8, 4) is 0 Å². The van der Waals surface area contributed by atoms with Crippen molar-refractivity contribution in [1.82, 2.24) is 4.98 Å². The fourth-order valence-corrected chi connectivity index (χ4v) is 1.30. The van der Waals surface area contributed by atoms with Crippen molar-refractivity contribution < 1.29 is 0 Å². The Balaban J connectivity index is 2.85. The highest BCUT2D eigenvalue weighted by Crippen LogP contribution is 2.24. The van der Waals surface area contributed by atoms with Crippen molar-refractivity contribution in [3.63, 3.8) is 0 Å². The molecule has 4 heteroatoms. The predicted molar refractivity (Wildman–Crippen MR) is 41.5 cm³/mol. The van der Waals surface area contributed by atoms with Crippen molar-refractivity contribution in [2.24, 2.45) is 0 Å². The van der Waals surface area contributed by atoms with Gasteiger partial charge in [0.1, 0.15) is 5.00 Å². The number of thiazole rings is 1. The third kappa shape index (κ3) is 1.56. The maximum Gasteiger partial charge on any atom is 0.185 e. The monoisotopic (exact) mass is 162 g/mol. The van der Waals surface area contributed by atoms with Crippen LogP contribution >= 0.6 is 22.9 Å². The topological polar surface area (TPSA) is 16.1 Å². The molecule has 1 rings (SSSR count). The maximum absolute atomic E-state index is 5.59. The number of hydrogen-bond donors (Lipinski definition) is 0. The molecular formula is C5H7ClN2S. The van der Waals surface area contributed by atoms with Gasteiger partial charge in [-0.25, -0.2) is 4.98 Å². The second-order valence-corrected chi connectivity index (χ2v) is 3.44. The summed E-state index contributed by atoms with van der Waals surface area (Å²) in [7, 11) is 3.92. The summed E-state index contributed by atoms with van der Waals surface area (Å²) in [5.41, 5.74) is 0. The Morgan fingerprint density at radius 3 is 2.56 bits per heavy atom. The van der Waals surface area contributed by atoms with Crippen molar-refractivity contribution >= 4 is 27.9 Å². The minimum Gasteiger partial charge on any atom is -0.368 e. The third-order valence-corrected chi connectivity index (χ3v) is 2.19. The Morgan fingerprint density at radius 2 is 2.33 bits per heavy atom. The molecule has 0 saturated heterocycles. The molecule has 0 aliphatic heterocycles. The lowest BCUT2D eigenvalue weighted by atomic mass is 10.7. The molecule has 0 aliphatic carbocycles. The number of aromatic nitrogens is 1. The van der Waals surface area contributed by atoms with Gasteiger partial charge in [0.15, 0.2) is 4.47 Å². The Morgan fingerprint density at radius 1 is 1.67 bits per heavy atom. The van der Waals surface area contributed by atoms with Crippen LogP contribution in [0.25, 0.3) is 0 Å². The fraction of sp³-hybridized carbons (Fsp3) is 0.400. The second-order valence-electron chi connectivity index (χ2n) is 1.85. The average molecular weight is 163 g/mol. The molecule has 2 nitrogen and oxygen atoms in total. The lowest BCUT2D eigenvalue weighted by Gasteiger charge is -2.05. The van der Waals surface area contributed by atoms with E-state index in [1.54, 1.807) is 6.20 Å². The van der Waals surface area contributed by atoms with Crippen LogP contribution < -0.4 is 4.90 Å². The van der Waals surface area contributed by atoms with E-state index >= 15 is 0 Å². The normalized spacial score (nSPS) is 9.67. The number of hydrogen-bond acceptors (Lipinski definition) is 3. The molecule has 0 aliphatic rings. The summed E-state index contributed by atoms with van der Waals surface area (Å²) >= 11 is 7.06. The van der Waals surface area contributed by atoms with Gasteiger partial charge in [-0.05, 0) is 0 Å². The predicted octanol–water partition coefficient (Wildman–Crippen LogP) is 1.86. The third-order valence-electron chi connectivity index (χ3n) is 0.906. The van der Waals surface area contributed by atoms with E-state index in [-0.39, 0.29) is 0 Å². The van der Waals surface area contributed by atoms with E-state index in [0.29, 0.717) is 4.47 Å². The van der Waals surface area contributed by atoms with E-state index in [4.69, 9.17) is 11.6 Å². The summed E-state index contributed by atoms with van der Waals surface area (Å²) in [5, 5.41) is 1.08. The summed E-state index contributed by atoms with van der Waals surface area (Å²) in [5.74, 6) is 0. The van der Waals surface area contributed by atoms with Crippen LogP contribution in [0.2, 0.25) is 4.47 Å². The number of rotatable bonds is 1. The number of halogens is 1. The summed E-state index contributed by atoms with van der Waals surface area (Å²) in [4.78, 5) is 5.86. The van der Waals surface area contributed by atoms with Gasteiger partial charge in [0.25, 0.3) is 0 Å². The quantitative estimate of drug-likeness (QED) is 0.627. The Labute approximate surface area is 63.1 Å². The zero-order valence-corrected chi connectivity index (χ0v) is 6.83. The first kappa shape index (κ1) is 6.83. The Hall–Kier alpha value is -0.280. The van der Waals surface area contributed by atoms with Gasteiger partial charge in [-0.2, -0.15) is 0 Å². The van der Waals surface area contributed by atoms with Crippen LogP contribution in [0.1, 0.15) is 0 Å².